The van der Waals surface area contributed by atoms with Crippen LogP contribution in [0.1, 0.15) is 43.1 Å². The summed E-state index contributed by atoms with van der Waals surface area (Å²) in [6, 6.07) is 14.7. The Morgan fingerprint density at radius 3 is 2.84 bits per heavy atom. The molecule has 1 N–H and O–H groups in total. The van der Waals surface area contributed by atoms with E-state index in [9.17, 15) is 0 Å². The van der Waals surface area contributed by atoms with Crippen molar-refractivity contribution in [2.45, 2.75) is 31.7 Å². The number of rotatable bonds is 4. The number of nitrogens with one attached hydrogen (secondary N) is 1. The van der Waals surface area contributed by atoms with Gasteiger partial charge in [0.15, 0.2) is 5.82 Å². The van der Waals surface area contributed by atoms with Gasteiger partial charge in [0.1, 0.15) is 5.82 Å². The Hall–Kier alpha value is -2.53. The molecule has 5 nitrogen and oxygen atoms in total. The molecular formula is C20H23N5. The highest BCUT2D eigenvalue weighted by molar-refractivity contribution is 5.53. The Labute approximate surface area is 148 Å². The van der Waals surface area contributed by atoms with Gasteiger partial charge in [0.25, 0.3) is 0 Å². The molecule has 0 spiro atoms. The fourth-order valence-electron chi connectivity index (χ4n) is 3.59. The van der Waals surface area contributed by atoms with E-state index in [1.54, 1.807) is 0 Å². The van der Waals surface area contributed by atoms with Crippen molar-refractivity contribution in [2.24, 2.45) is 0 Å². The maximum absolute atomic E-state index is 4.77. The van der Waals surface area contributed by atoms with Crippen LogP contribution in [0.5, 0.6) is 0 Å². The molecule has 0 amide bonds. The molecule has 0 saturated carbocycles. The molecule has 1 fully saturated rings. The Morgan fingerprint density at radius 2 is 2.04 bits per heavy atom. The number of likely N-dealkylation sites (tertiary alicyclic amines) is 1. The maximum Gasteiger partial charge on any atom is 0.181 e. The van der Waals surface area contributed by atoms with Crippen LogP contribution >= 0.6 is 0 Å². The SMILES string of the molecule is CC(c1cccnc1)N1CCCC(c2nc(-c3ccccc3)n[nH]2)C1. The number of nitrogens with zero attached hydrogens (tertiary/aromatic N) is 4. The van der Waals surface area contributed by atoms with E-state index in [4.69, 9.17) is 4.98 Å². The minimum Gasteiger partial charge on any atom is -0.296 e. The van der Waals surface area contributed by atoms with E-state index >= 15 is 0 Å². The molecule has 3 heterocycles. The number of aromatic amines is 1. The van der Waals surface area contributed by atoms with Crippen molar-refractivity contribution in [3.05, 3.63) is 66.2 Å². The largest absolute Gasteiger partial charge is 0.296 e. The van der Waals surface area contributed by atoms with Gasteiger partial charge in [-0.1, -0.05) is 36.4 Å². The summed E-state index contributed by atoms with van der Waals surface area (Å²) in [5.41, 5.74) is 2.33. The third kappa shape index (κ3) is 3.46. The first-order valence-corrected chi connectivity index (χ1v) is 8.93. The van der Waals surface area contributed by atoms with Gasteiger partial charge in [0.05, 0.1) is 0 Å². The van der Waals surface area contributed by atoms with Crippen LogP contribution in [-0.4, -0.2) is 38.2 Å². The average molecular weight is 333 g/mol. The van der Waals surface area contributed by atoms with Crippen LogP contribution < -0.4 is 0 Å². The van der Waals surface area contributed by atoms with Crippen molar-refractivity contribution < 1.29 is 0 Å². The highest BCUT2D eigenvalue weighted by Gasteiger charge is 2.27. The lowest BCUT2D eigenvalue weighted by atomic mass is 9.95. The number of piperidine rings is 1. The molecule has 5 heteroatoms. The zero-order chi connectivity index (χ0) is 17.1. The van der Waals surface area contributed by atoms with E-state index in [0.717, 1.165) is 36.7 Å². The van der Waals surface area contributed by atoms with Crippen molar-refractivity contribution in [1.82, 2.24) is 25.1 Å². The standard InChI is InChI=1S/C20H23N5/c1-15(17-9-5-11-21-13-17)25-12-6-10-18(14-25)20-22-19(23-24-20)16-7-3-2-4-8-16/h2-5,7-9,11,13,15,18H,6,10,12,14H2,1H3,(H,22,23,24). The van der Waals surface area contributed by atoms with Crippen LogP contribution in [0.4, 0.5) is 0 Å². The Kier molecular flexibility index (Phi) is 4.57. The minimum atomic E-state index is 0.369. The molecule has 2 atom stereocenters. The van der Waals surface area contributed by atoms with Gasteiger partial charge < -0.3 is 0 Å². The van der Waals surface area contributed by atoms with E-state index in [1.165, 1.54) is 12.0 Å². The van der Waals surface area contributed by atoms with Gasteiger partial charge in [-0.15, -0.1) is 0 Å². The summed E-state index contributed by atoms with van der Waals surface area (Å²) >= 11 is 0. The summed E-state index contributed by atoms with van der Waals surface area (Å²) in [5.74, 6) is 2.19. The predicted molar refractivity (Wildman–Crippen MR) is 98.0 cm³/mol. The lowest BCUT2D eigenvalue weighted by Gasteiger charge is -2.36. The smallest absolute Gasteiger partial charge is 0.181 e. The van der Waals surface area contributed by atoms with Gasteiger partial charge >= 0.3 is 0 Å². The first-order chi connectivity index (χ1) is 12.3. The number of hydrogen-bond donors (Lipinski definition) is 1. The molecule has 1 aromatic carbocycles. The van der Waals surface area contributed by atoms with Gasteiger partial charge in [-0.3, -0.25) is 15.0 Å². The van der Waals surface area contributed by atoms with Crippen molar-refractivity contribution in [3.8, 4) is 11.4 Å². The fraction of sp³-hybridized carbons (Fsp3) is 0.350. The number of benzene rings is 1. The molecule has 4 rings (SSSR count). The maximum atomic E-state index is 4.77. The second-order valence-corrected chi connectivity index (χ2v) is 6.71. The summed E-state index contributed by atoms with van der Waals surface area (Å²) in [6.45, 7) is 4.38. The highest BCUT2D eigenvalue weighted by atomic mass is 15.2. The molecule has 128 valence electrons. The first-order valence-electron chi connectivity index (χ1n) is 8.93. The van der Waals surface area contributed by atoms with Crippen LogP contribution in [0, 0.1) is 0 Å². The van der Waals surface area contributed by atoms with Gasteiger partial charge in [-0.05, 0) is 37.9 Å². The van der Waals surface area contributed by atoms with E-state index in [2.05, 4.69) is 33.1 Å². The summed E-state index contributed by atoms with van der Waals surface area (Å²) in [4.78, 5) is 11.5. The highest BCUT2D eigenvalue weighted by Crippen LogP contribution is 2.31. The summed E-state index contributed by atoms with van der Waals surface area (Å²) in [7, 11) is 0. The van der Waals surface area contributed by atoms with E-state index in [0.29, 0.717) is 12.0 Å². The molecule has 1 aliphatic rings. The lowest BCUT2D eigenvalue weighted by molar-refractivity contribution is 0.155. The molecule has 1 saturated heterocycles. The third-order valence-corrected chi connectivity index (χ3v) is 5.09. The van der Waals surface area contributed by atoms with Crippen molar-refractivity contribution in [2.75, 3.05) is 13.1 Å². The third-order valence-electron chi connectivity index (χ3n) is 5.09. The van der Waals surface area contributed by atoms with Gasteiger partial charge in [0.2, 0.25) is 0 Å². The van der Waals surface area contributed by atoms with E-state index in [1.807, 2.05) is 48.8 Å². The Morgan fingerprint density at radius 1 is 1.16 bits per heavy atom. The van der Waals surface area contributed by atoms with E-state index < -0.39 is 0 Å². The summed E-state index contributed by atoms with van der Waals surface area (Å²) in [5, 5.41) is 7.60. The molecule has 0 bridgehead atoms. The lowest BCUT2D eigenvalue weighted by Crippen LogP contribution is -2.36. The van der Waals surface area contributed by atoms with Gasteiger partial charge in [-0.2, -0.15) is 5.10 Å². The zero-order valence-corrected chi connectivity index (χ0v) is 14.5. The number of hydrogen-bond acceptors (Lipinski definition) is 4. The fourth-order valence-corrected chi connectivity index (χ4v) is 3.59. The minimum absolute atomic E-state index is 0.369. The van der Waals surface area contributed by atoms with Crippen LogP contribution in [-0.2, 0) is 0 Å². The first kappa shape index (κ1) is 16.0. The van der Waals surface area contributed by atoms with Crippen LogP contribution in [0.15, 0.2) is 54.9 Å². The molecule has 0 radical (unpaired) electrons. The monoisotopic (exact) mass is 333 g/mol. The Bertz CT molecular complexity index is 799. The van der Waals surface area contributed by atoms with Gasteiger partial charge in [-0.25, -0.2) is 4.98 Å². The molecule has 2 aromatic heterocycles. The van der Waals surface area contributed by atoms with Gasteiger partial charge in [0, 0.05) is 36.5 Å². The molecule has 2 unspecified atom stereocenters. The second kappa shape index (κ2) is 7.15. The second-order valence-electron chi connectivity index (χ2n) is 6.71. The summed E-state index contributed by atoms with van der Waals surface area (Å²) < 4.78 is 0. The summed E-state index contributed by atoms with van der Waals surface area (Å²) in [6.07, 6.45) is 6.13. The molecule has 25 heavy (non-hydrogen) atoms. The van der Waals surface area contributed by atoms with Crippen molar-refractivity contribution in [3.63, 3.8) is 0 Å². The normalized spacial score (nSPS) is 19.6. The molecular weight excluding hydrogens is 310 g/mol. The topological polar surface area (TPSA) is 57.7 Å². The number of pyridine rings is 1. The van der Waals surface area contributed by atoms with Crippen LogP contribution in [0.3, 0.4) is 0 Å². The zero-order valence-electron chi connectivity index (χ0n) is 14.5. The van der Waals surface area contributed by atoms with Crippen molar-refractivity contribution >= 4 is 0 Å². The molecule has 0 aliphatic carbocycles. The van der Waals surface area contributed by atoms with Crippen LogP contribution in [0.2, 0.25) is 0 Å². The van der Waals surface area contributed by atoms with Crippen LogP contribution in [0.25, 0.3) is 11.4 Å². The van der Waals surface area contributed by atoms with E-state index in [-0.39, 0.29) is 0 Å². The number of H-pyrrole nitrogens is 1. The van der Waals surface area contributed by atoms with Crippen molar-refractivity contribution in [1.29, 1.82) is 0 Å². The average Bonchev–Trinajstić information content (AvgIpc) is 3.19. The molecule has 1 aliphatic heterocycles. The quantitative estimate of drug-likeness (QED) is 0.789. The number of aromatic nitrogens is 4. The predicted octanol–water partition coefficient (Wildman–Crippen LogP) is 3.81. The molecule has 3 aromatic rings. The Balaban J connectivity index is 1.49.